The molecule has 2 heterocycles. The number of aliphatic hydroxyl groups excluding tert-OH is 1. The Hall–Kier alpha value is -1.14. The maximum Gasteiger partial charge on any atom is 0.329 e. The van der Waals surface area contributed by atoms with Crippen LogP contribution in [0.15, 0.2) is 0 Å². The monoisotopic (exact) mass is 243 g/mol. The highest BCUT2D eigenvalue weighted by atomic mass is 16.5. The van der Waals surface area contributed by atoms with Gasteiger partial charge in [0, 0.05) is 19.8 Å². The van der Waals surface area contributed by atoms with Gasteiger partial charge >= 0.3 is 5.97 Å². The number of β-lactam (4-membered cyclic amide) rings is 1. The molecule has 2 atom stereocenters. The van der Waals surface area contributed by atoms with Crippen molar-refractivity contribution in [3.05, 3.63) is 0 Å². The molecule has 0 unspecified atom stereocenters. The topological polar surface area (TPSA) is 87.1 Å². The van der Waals surface area contributed by atoms with Crippen LogP contribution in [0.3, 0.4) is 0 Å². The third-order valence-corrected chi connectivity index (χ3v) is 3.68. The van der Waals surface area contributed by atoms with Gasteiger partial charge in [-0.1, -0.05) is 0 Å². The molecule has 2 rings (SSSR count). The molecule has 2 aliphatic heterocycles. The summed E-state index contributed by atoms with van der Waals surface area (Å²) in [7, 11) is 0. The summed E-state index contributed by atoms with van der Waals surface area (Å²) in [5, 5.41) is 18.4. The van der Waals surface area contributed by atoms with Crippen LogP contribution in [-0.2, 0) is 14.3 Å². The zero-order chi connectivity index (χ0) is 12.6. The molecular formula is C11H17NO5. The molecule has 1 amide bonds. The lowest BCUT2D eigenvalue weighted by molar-refractivity contribution is -0.184. The van der Waals surface area contributed by atoms with Crippen molar-refractivity contribution < 1.29 is 24.5 Å². The number of carbonyl (C=O) groups excluding carboxylic acids is 1. The van der Waals surface area contributed by atoms with Gasteiger partial charge in [-0.3, -0.25) is 4.79 Å². The first kappa shape index (κ1) is 12.3. The van der Waals surface area contributed by atoms with Crippen LogP contribution in [0.2, 0.25) is 0 Å². The second-order valence-electron chi connectivity index (χ2n) is 4.85. The molecule has 0 bridgehead atoms. The number of hydrogen-bond donors (Lipinski definition) is 2. The average molecular weight is 243 g/mol. The third-order valence-electron chi connectivity index (χ3n) is 3.68. The number of amides is 1. The smallest absolute Gasteiger partial charge is 0.329 e. The van der Waals surface area contributed by atoms with Crippen molar-refractivity contribution >= 4 is 11.9 Å². The van der Waals surface area contributed by atoms with E-state index in [0.717, 1.165) is 0 Å². The van der Waals surface area contributed by atoms with E-state index >= 15 is 0 Å². The number of carboxylic acids is 1. The minimum atomic E-state index is -1.16. The van der Waals surface area contributed by atoms with E-state index in [9.17, 15) is 14.7 Å². The van der Waals surface area contributed by atoms with Crippen molar-refractivity contribution in [2.75, 3.05) is 19.8 Å². The number of rotatable bonds is 3. The van der Waals surface area contributed by atoms with Crippen molar-refractivity contribution in [2.45, 2.75) is 31.9 Å². The fourth-order valence-electron chi connectivity index (χ4n) is 2.64. The van der Waals surface area contributed by atoms with E-state index in [2.05, 4.69) is 0 Å². The van der Waals surface area contributed by atoms with Crippen LogP contribution >= 0.6 is 0 Å². The van der Waals surface area contributed by atoms with Crippen molar-refractivity contribution in [3.8, 4) is 0 Å². The van der Waals surface area contributed by atoms with E-state index in [1.165, 1.54) is 11.8 Å². The number of aliphatic hydroxyl groups is 1. The van der Waals surface area contributed by atoms with Gasteiger partial charge in [0.05, 0.1) is 11.5 Å². The van der Waals surface area contributed by atoms with E-state index in [1.807, 2.05) is 0 Å². The molecular weight excluding hydrogens is 226 g/mol. The van der Waals surface area contributed by atoms with Crippen molar-refractivity contribution in [1.29, 1.82) is 0 Å². The molecule has 96 valence electrons. The predicted molar refractivity (Wildman–Crippen MR) is 57.3 cm³/mol. The van der Waals surface area contributed by atoms with Crippen molar-refractivity contribution in [3.63, 3.8) is 0 Å². The van der Waals surface area contributed by atoms with E-state index in [0.29, 0.717) is 32.6 Å². The quantitative estimate of drug-likeness (QED) is 0.650. The van der Waals surface area contributed by atoms with Crippen LogP contribution in [0.25, 0.3) is 0 Å². The molecule has 0 aromatic rings. The molecule has 6 nitrogen and oxygen atoms in total. The summed E-state index contributed by atoms with van der Waals surface area (Å²) >= 11 is 0. The Morgan fingerprint density at radius 3 is 2.47 bits per heavy atom. The Bertz CT molecular complexity index is 335. The molecule has 0 radical (unpaired) electrons. The summed E-state index contributed by atoms with van der Waals surface area (Å²) in [6.07, 6.45) is 0.233. The molecule has 0 aromatic carbocycles. The van der Waals surface area contributed by atoms with Gasteiger partial charge < -0.3 is 19.8 Å². The highest BCUT2D eigenvalue weighted by Gasteiger charge is 2.56. The Balaban J connectivity index is 2.07. The lowest BCUT2D eigenvalue weighted by Crippen LogP contribution is -2.69. The Labute approximate surface area is 99.2 Å². The molecule has 0 aliphatic carbocycles. The Morgan fingerprint density at radius 1 is 1.47 bits per heavy atom. The summed E-state index contributed by atoms with van der Waals surface area (Å²) in [5.41, 5.74) is -0.430. The van der Waals surface area contributed by atoms with E-state index in [4.69, 9.17) is 9.84 Å². The second kappa shape index (κ2) is 4.27. The number of carboxylic acid groups (broad SMARTS) is 1. The Kier molecular flexibility index (Phi) is 3.09. The molecule has 6 heteroatoms. The number of carbonyl (C=O) groups is 2. The number of ether oxygens (including phenoxy) is 1. The van der Waals surface area contributed by atoms with E-state index in [1.54, 1.807) is 0 Å². The van der Waals surface area contributed by atoms with Gasteiger partial charge in [0.2, 0.25) is 5.91 Å². The highest BCUT2D eigenvalue weighted by molar-refractivity contribution is 5.93. The van der Waals surface area contributed by atoms with Crippen LogP contribution in [0, 0.1) is 5.41 Å². The number of aliphatic carboxylic acids is 1. The summed E-state index contributed by atoms with van der Waals surface area (Å²) in [4.78, 5) is 24.4. The average Bonchev–Trinajstić information content (AvgIpc) is 2.28. The standard InChI is InChI=1S/C11H17NO5/c1-7(13)8(9(14)15)12-6-11(10(12)16)2-4-17-5-3-11/h7-8,13H,2-6H2,1H3,(H,14,15)/t7-,8+/m1/s1. The largest absolute Gasteiger partial charge is 0.480 e. The summed E-state index contributed by atoms with van der Waals surface area (Å²) in [6.45, 7) is 2.90. The molecule has 1 spiro atoms. The minimum absolute atomic E-state index is 0.158. The first-order chi connectivity index (χ1) is 7.98. The fraction of sp³-hybridized carbons (Fsp3) is 0.818. The molecule has 2 aliphatic rings. The maximum absolute atomic E-state index is 12.1. The Morgan fingerprint density at radius 2 is 2.06 bits per heavy atom. The molecule has 2 saturated heterocycles. The van der Waals surface area contributed by atoms with Crippen LogP contribution in [0.1, 0.15) is 19.8 Å². The summed E-state index contributed by atoms with van der Waals surface area (Å²) in [6, 6.07) is -1.13. The van der Waals surface area contributed by atoms with Crippen molar-refractivity contribution in [1.82, 2.24) is 4.90 Å². The van der Waals surface area contributed by atoms with Gasteiger partial charge in [-0.15, -0.1) is 0 Å². The second-order valence-corrected chi connectivity index (χ2v) is 4.85. The summed E-state index contributed by atoms with van der Waals surface area (Å²) < 4.78 is 5.20. The molecule has 2 fully saturated rings. The summed E-state index contributed by atoms with van der Waals surface area (Å²) in [5.74, 6) is -1.32. The molecule has 17 heavy (non-hydrogen) atoms. The predicted octanol–water partition coefficient (Wildman–Crippen LogP) is -0.541. The first-order valence-electron chi connectivity index (χ1n) is 5.78. The van der Waals surface area contributed by atoms with Crippen LogP contribution in [0.4, 0.5) is 0 Å². The van der Waals surface area contributed by atoms with Gasteiger partial charge in [0.1, 0.15) is 0 Å². The van der Waals surface area contributed by atoms with Gasteiger partial charge in [-0.05, 0) is 19.8 Å². The fourth-order valence-corrected chi connectivity index (χ4v) is 2.64. The van der Waals surface area contributed by atoms with Crippen LogP contribution < -0.4 is 0 Å². The van der Waals surface area contributed by atoms with E-state index < -0.39 is 23.5 Å². The number of nitrogens with zero attached hydrogens (tertiary/aromatic N) is 1. The van der Waals surface area contributed by atoms with Gasteiger partial charge in [0.15, 0.2) is 6.04 Å². The van der Waals surface area contributed by atoms with Gasteiger partial charge in [0.25, 0.3) is 0 Å². The zero-order valence-corrected chi connectivity index (χ0v) is 9.76. The highest BCUT2D eigenvalue weighted by Crippen LogP contribution is 2.42. The van der Waals surface area contributed by atoms with Gasteiger partial charge in [-0.25, -0.2) is 4.79 Å². The van der Waals surface area contributed by atoms with Crippen molar-refractivity contribution in [2.24, 2.45) is 5.41 Å². The zero-order valence-electron chi connectivity index (χ0n) is 9.76. The first-order valence-corrected chi connectivity index (χ1v) is 5.78. The SMILES string of the molecule is C[C@@H](O)[C@@H](C(=O)O)N1CC2(CCOCC2)C1=O. The maximum atomic E-state index is 12.1. The molecule has 0 aromatic heterocycles. The van der Waals surface area contributed by atoms with Crippen LogP contribution in [0.5, 0.6) is 0 Å². The third kappa shape index (κ3) is 1.91. The normalized spacial score (nSPS) is 26.5. The van der Waals surface area contributed by atoms with Gasteiger partial charge in [-0.2, -0.15) is 0 Å². The lowest BCUT2D eigenvalue weighted by Gasteiger charge is -2.52. The molecule has 2 N–H and O–H groups in total. The number of likely N-dealkylation sites (tertiary alicyclic amines) is 1. The molecule has 0 saturated carbocycles. The minimum Gasteiger partial charge on any atom is -0.480 e. The van der Waals surface area contributed by atoms with Crippen LogP contribution in [-0.4, -0.2) is 58.9 Å². The number of hydrogen-bond acceptors (Lipinski definition) is 4. The lowest BCUT2D eigenvalue weighted by atomic mass is 9.71. The van der Waals surface area contributed by atoms with E-state index in [-0.39, 0.29) is 5.91 Å².